The van der Waals surface area contributed by atoms with E-state index in [1.807, 2.05) is 18.2 Å². The molecule has 8 heteroatoms. The Labute approximate surface area is 166 Å². The van der Waals surface area contributed by atoms with Gasteiger partial charge in [-0.2, -0.15) is 0 Å². The molecule has 1 atom stereocenters. The molecule has 2 heterocycles. The molecule has 0 aliphatic carbocycles. The summed E-state index contributed by atoms with van der Waals surface area (Å²) in [6, 6.07) is 13.1. The van der Waals surface area contributed by atoms with E-state index in [-0.39, 0.29) is 12.5 Å². The highest BCUT2D eigenvalue weighted by Gasteiger charge is 2.47. The molecule has 0 unspecified atom stereocenters. The predicted molar refractivity (Wildman–Crippen MR) is 103 cm³/mol. The van der Waals surface area contributed by atoms with Gasteiger partial charge in [0.05, 0.1) is 5.69 Å². The van der Waals surface area contributed by atoms with Crippen LogP contribution in [0.1, 0.15) is 12.8 Å². The molecular formula is C20H18ClN3O4. The number of hydrogen-bond acceptors (Lipinski definition) is 4. The third kappa shape index (κ3) is 3.53. The van der Waals surface area contributed by atoms with Crippen LogP contribution in [0.15, 0.2) is 48.5 Å². The van der Waals surface area contributed by atoms with Gasteiger partial charge < -0.3 is 15.0 Å². The van der Waals surface area contributed by atoms with E-state index >= 15 is 0 Å². The zero-order chi connectivity index (χ0) is 19.7. The fourth-order valence-corrected chi connectivity index (χ4v) is 3.64. The molecule has 0 bridgehead atoms. The van der Waals surface area contributed by atoms with Crippen molar-refractivity contribution in [1.82, 2.24) is 9.80 Å². The lowest BCUT2D eigenvalue weighted by atomic mass is 10.2. The van der Waals surface area contributed by atoms with Gasteiger partial charge in [-0.15, -0.1) is 0 Å². The van der Waals surface area contributed by atoms with Gasteiger partial charge >= 0.3 is 6.03 Å². The topological polar surface area (TPSA) is 79.0 Å². The van der Waals surface area contributed by atoms with E-state index in [0.29, 0.717) is 35.2 Å². The maximum atomic E-state index is 12.5. The number of para-hydroxylation sites is 1. The van der Waals surface area contributed by atoms with Crippen LogP contribution in [0.2, 0.25) is 5.02 Å². The Bertz CT molecular complexity index is 912. The number of urea groups is 1. The van der Waals surface area contributed by atoms with Gasteiger partial charge in [0.2, 0.25) is 5.91 Å². The van der Waals surface area contributed by atoms with Crippen molar-refractivity contribution < 1.29 is 19.1 Å². The molecular weight excluding hydrogens is 382 g/mol. The zero-order valence-electron chi connectivity index (χ0n) is 14.9. The number of rotatable bonds is 5. The summed E-state index contributed by atoms with van der Waals surface area (Å²) in [5.74, 6) is 0.196. The Morgan fingerprint density at radius 1 is 1.18 bits per heavy atom. The fraction of sp³-hybridized carbons (Fsp3) is 0.250. The van der Waals surface area contributed by atoms with Crippen molar-refractivity contribution in [3.63, 3.8) is 0 Å². The smallest absolute Gasteiger partial charge is 0.327 e. The van der Waals surface area contributed by atoms with Crippen LogP contribution in [0.4, 0.5) is 10.5 Å². The summed E-state index contributed by atoms with van der Waals surface area (Å²) in [6.07, 6.45) is 1.46. The molecule has 4 rings (SSSR count). The maximum Gasteiger partial charge on any atom is 0.327 e. The molecule has 2 fully saturated rings. The van der Waals surface area contributed by atoms with Gasteiger partial charge in [-0.25, -0.2) is 4.79 Å². The molecule has 0 spiro atoms. The molecule has 144 valence electrons. The number of carbonyl (C=O) groups is 3. The van der Waals surface area contributed by atoms with Crippen molar-refractivity contribution in [3.05, 3.63) is 53.6 Å². The van der Waals surface area contributed by atoms with Crippen molar-refractivity contribution in [2.45, 2.75) is 18.9 Å². The third-order valence-corrected chi connectivity index (χ3v) is 5.00. The molecule has 0 aromatic heterocycles. The Balaban J connectivity index is 1.48. The number of hydrogen-bond donors (Lipinski definition) is 1. The summed E-state index contributed by atoms with van der Waals surface area (Å²) in [7, 11) is 0. The van der Waals surface area contributed by atoms with E-state index in [0.717, 1.165) is 11.3 Å². The average Bonchev–Trinajstić information content (AvgIpc) is 3.25. The van der Waals surface area contributed by atoms with Crippen molar-refractivity contribution in [3.8, 4) is 11.5 Å². The number of halogens is 1. The Hall–Kier alpha value is -3.06. The number of carbonyl (C=O) groups excluding carboxylic acids is 3. The van der Waals surface area contributed by atoms with Crippen molar-refractivity contribution >= 4 is 35.1 Å². The number of imide groups is 1. The molecule has 2 saturated heterocycles. The average molecular weight is 400 g/mol. The molecule has 2 aromatic carbocycles. The second kappa shape index (κ2) is 7.52. The Morgan fingerprint density at radius 2 is 1.96 bits per heavy atom. The van der Waals surface area contributed by atoms with Gasteiger partial charge in [0.25, 0.3) is 5.91 Å². The number of fused-ring (bicyclic) bond motifs is 1. The minimum Gasteiger partial charge on any atom is -0.455 e. The summed E-state index contributed by atoms with van der Waals surface area (Å²) in [5.41, 5.74) is 0.362. The number of benzene rings is 2. The number of ether oxygens (including phenoxy) is 1. The van der Waals surface area contributed by atoms with Gasteiger partial charge in [0.15, 0.2) is 5.75 Å². The second-order valence-corrected chi connectivity index (χ2v) is 7.10. The highest BCUT2D eigenvalue weighted by atomic mass is 35.5. The van der Waals surface area contributed by atoms with E-state index in [9.17, 15) is 14.4 Å². The minimum absolute atomic E-state index is 0.315. The molecule has 2 aromatic rings. The number of amides is 4. The summed E-state index contributed by atoms with van der Waals surface area (Å²) in [5, 5.41) is 3.11. The third-order valence-electron chi connectivity index (χ3n) is 4.77. The van der Waals surface area contributed by atoms with Gasteiger partial charge in [0.1, 0.15) is 18.3 Å². The quantitative estimate of drug-likeness (QED) is 0.780. The minimum atomic E-state index is -0.497. The summed E-state index contributed by atoms with van der Waals surface area (Å²) < 4.78 is 5.81. The molecule has 2 aliphatic rings. The molecule has 0 saturated carbocycles. The van der Waals surface area contributed by atoms with Crippen molar-refractivity contribution in [2.75, 3.05) is 18.4 Å². The van der Waals surface area contributed by atoms with Crippen LogP contribution in [-0.4, -0.2) is 46.8 Å². The van der Waals surface area contributed by atoms with Crippen LogP contribution >= 0.6 is 11.6 Å². The lowest BCUT2D eigenvalue weighted by molar-refractivity contribution is -0.131. The van der Waals surface area contributed by atoms with Crippen LogP contribution in [0.3, 0.4) is 0 Å². The maximum absolute atomic E-state index is 12.5. The Morgan fingerprint density at radius 3 is 2.71 bits per heavy atom. The van der Waals surface area contributed by atoms with E-state index < -0.39 is 18.0 Å². The fourth-order valence-electron chi connectivity index (χ4n) is 3.46. The predicted octanol–water partition coefficient (Wildman–Crippen LogP) is 3.50. The van der Waals surface area contributed by atoms with E-state index in [2.05, 4.69) is 5.32 Å². The number of nitrogens with zero attached hydrogens (tertiary/aromatic N) is 2. The summed E-state index contributed by atoms with van der Waals surface area (Å²) in [4.78, 5) is 39.8. The van der Waals surface area contributed by atoms with Crippen LogP contribution in [0.5, 0.6) is 11.5 Å². The largest absolute Gasteiger partial charge is 0.455 e. The summed E-state index contributed by atoms with van der Waals surface area (Å²) >= 11 is 6.05. The standard InChI is InChI=1S/C20H18ClN3O4/c21-13-8-9-17(28-14-5-2-1-3-6-14)15(11-13)22-18(25)12-24-19(26)16-7-4-10-23(16)20(24)27/h1-3,5-6,8-9,11,16H,4,7,10,12H2,(H,22,25)/t16-/m1/s1. The zero-order valence-corrected chi connectivity index (χ0v) is 15.7. The molecule has 2 aliphatic heterocycles. The second-order valence-electron chi connectivity index (χ2n) is 6.66. The molecule has 7 nitrogen and oxygen atoms in total. The van der Waals surface area contributed by atoms with Gasteiger partial charge in [-0.3, -0.25) is 14.5 Å². The molecule has 0 radical (unpaired) electrons. The molecule has 28 heavy (non-hydrogen) atoms. The highest BCUT2D eigenvalue weighted by Crippen LogP contribution is 2.32. The van der Waals surface area contributed by atoms with Gasteiger partial charge in [0, 0.05) is 11.6 Å². The van der Waals surface area contributed by atoms with Crippen molar-refractivity contribution in [1.29, 1.82) is 0 Å². The first-order valence-corrected chi connectivity index (χ1v) is 9.35. The van der Waals surface area contributed by atoms with E-state index in [1.54, 1.807) is 30.3 Å². The summed E-state index contributed by atoms with van der Waals surface area (Å²) in [6.45, 7) is 0.207. The monoisotopic (exact) mass is 399 g/mol. The van der Waals surface area contributed by atoms with Crippen molar-refractivity contribution in [2.24, 2.45) is 0 Å². The SMILES string of the molecule is O=C(CN1C(=O)[C@H]2CCCN2C1=O)Nc1cc(Cl)ccc1Oc1ccccc1. The normalized spacial score (nSPS) is 18.4. The lowest BCUT2D eigenvalue weighted by Crippen LogP contribution is -2.39. The van der Waals surface area contributed by atoms with E-state index in [4.69, 9.17) is 16.3 Å². The first-order chi connectivity index (χ1) is 13.5. The molecule has 1 N–H and O–H groups in total. The highest BCUT2D eigenvalue weighted by molar-refractivity contribution is 6.31. The lowest BCUT2D eigenvalue weighted by Gasteiger charge is -2.16. The van der Waals surface area contributed by atoms with Crippen LogP contribution in [0, 0.1) is 0 Å². The number of nitrogens with one attached hydrogen (secondary N) is 1. The van der Waals surface area contributed by atoms with Crippen LogP contribution in [0.25, 0.3) is 0 Å². The first kappa shape index (κ1) is 18.3. The Kier molecular flexibility index (Phi) is 4.92. The van der Waals surface area contributed by atoms with Crippen LogP contribution < -0.4 is 10.1 Å². The van der Waals surface area contributed by atoms with Gasteiger partial charge in [-0.05, 0) is 43.2 Å². The van der Waals surface area contributed by atoms with Crippen LogP contribution in [-0.2, 0) is 9.59 Å². The van der Waals surface area contributed by atoms with Gasteiger partial charge in [-0.1, -0.05) is 29.8 Å². The molecule has 4 amide bonds. The first-order valence-electron chi connectivity index (χ1n) is 8.97. The number of anilines is 1. The van der Waals surface area contributed by atoms with E-state index in [1.165, 1.54) is 4.90 Å².